The quantitative estimate of drug-likeness (QED) is 0.927. The molecule has 124 valence electrons. The third kappa shape index (κ3) is 3.91. The van der Waals surface area contributed by atoms with Crippen molar-refractivity contribution in [3.05, 3.63) is 34.9 Å². The Hall–Kier alpha value is -1.88. The molecule has 2 heterocycles. The summed E-state index contributed by atoms with van der Waals surface area (Å²) in [5.74, 6) is -0.781. The largest absolute Gasteiger partial charge is 0.478 e. The van der Waals surface area contributed by atoms with E-state index in [1.807, 2.05) is 11.0 Å². The van der Waals surface area contributed by atoms with Gasteiger partial charge in [-0.15, -0.1) is 0 Å². The van der Waals surface area contributed by atoms with E-state index in [-0.39, 0.29) is 17.6 Å². The number of fused-ring (bicyclic) bond motifs is 1. The molecule has 1 aromatic rings. The summed E-state index contributed by atoms with van der Waals surface area (Å²) in [7, 11) is 0. The predicted molar refractivity (Wildman–Crippen MR) is 85.3 cm³/mol. The van der Waals surface area contributed by atoms with Gasteiger partial charge in [0, 0.05) is 26.1 Å². The molecular formula is C18H23NO4. The van der Waals surface area contributed by atoms with Crippen molar-refractivity contribution in [3.8, 4) is 0 Å². The number of hydrogen-bond donors (Lipinski definition) is 1. The summed E-state index contributed by atoms with van der Waals surface area (Å²) in [6, 6.07) is 5.21. The van der Waals surface area contributed by atoms with Crippen molar-refractivity contribution in [1.29, 1.82) is 0 Å². The molecule has 3 rings (SSSR count). The van der Waals surface area contributed by atoms with E-state index in [0.717, 1.165) is 43.4 Å². The lowest BCUT2D eigenvalue weighted by Gasteiger charge is -2.30. The van der Waals surface area contributed by atoms with Gasteiger partial charge in [-0.1, -0.05) is 6.07 Å². The highest BCUT2D eigenvalue weighted by Crippen LogP contribution is 2.23. The number of hydrogen-bond acceptors (Lipinski definition) is 3. The molecule has 23 heavy (non-hydrogen) atoms. The molecule has 1 amide bonds. The van der Waals surface area contributed by atoms with Gasteiger partial charge in [0.25, 0.3) is 0 Å². The lowest BCUT2D eigenvalue weighted by molar-refractivity contribution is -0.133. The number of nitrogens with zero attached hydrogens (tertiary/aromatic N) is 1. The second-order valence-electron chi connectivity index (χ2n) is 6.38. The molecule has 1 N–H and O–H groups in total. The Morgan fingerprint density at radius 2 is 2.13 bits per heavy atom. The molecule has 0 aliphatic carbocycles. The van der Waals surface area contributed by atoms with Gasteiger partial charge >= 0.3 is 5.97 Å². The van der Waals surface area contributed by atoms with Crippen LogP contribution in [0.1, 0.15) is 53.6 Å². The molecule has 1 fully saturated rings. The van der Waals surface area contributed by atoms with Gasteiger partial charge in [0.05, 0.1) is 11.7 Å². The van der Waals surface area contributed by atoms with Crippen molar-refractivity contribution in [2.24, 2.45) is 0 Å². The number of ether oxygens (including phenoxy) is 1. The predicted octanol–water partition coefficient (Wildman–Crippen LogP) is 2.62. The van der Waals surface area contributed by atoms with E-state index < -0.39 is 5.97 Å². The van der Waals surface area contributed by atoms with Crippen molar-refractivity contribution < 1.29 is 19.4 Å². The molecule has 0 spiro atoms. The minimum absolute atomic E-state index is 0.144. The summed E-state index contributed by atoms with van der Waals surface area (Å²) in [6.07, 6.45) is 5.69. The van der Waals surface area contributed by atoms with Crippen LogP contribution in [0.3, 0.4) is 0 Å². The van der Waals surface area contributed by atoms with E-state index >= 15 is 0 Å². The molecule has 5 nitrogen and oxygen atoms in total. The van der Waals surface area contributed by atoms with Crippen molar-refractivity contribution in [2.75, 3.05) is 13.2 Å². The van der Waals surface area contributed by atoms with Gasteiger partial charge in [-0.2, -0.15) is 0 Å². The minimum atomic E-state index is -0.925. The van der Waals surface area contributed by atoms with E-state index in [1.165, 1.54) is 6.42 Å². The fraction of sp³-hybridized carbons (Fsp3) is 0.556. The highest BCUT2D eigenvalue weighted by molar-refractivity contribution is 5.88. The first-order chi connectivity index (χ1) is 11.1. The van der Waals surface area contributed by atoms with Crippen molar-refractivity contribution >= 4 is 11.9 Å². The lowest BCUT2D eigenvalue weighted by Crippen LogP contribution is -2.36. The molecule has 1 atom stereocenters. The van der Waals surface area contributed by atoms with E-state index in [4.69, 9.17) is 9.84 Å². The van der Waals surface area contributed by atoms with Gasteiger partial charge in [-0.25, -0.2) is 4.79 Å². The van der Waals surface area contributed by atoms with Crippen molar-refractivity contribution in [1.82, 2.24) is 4.90 Å². The SMILES string of the molecule is O=C(O)c1ccc2c(c1)CN(C(=O)CCC1CCCCO1)CC2. The standard InChI is InChI=1S/C18H23NO4/c20-17(7-6-16-3-1-2-10-23-16)19-9-8-13-4-5-14(18(21)22)11-15(13)12-19/h4-5,11,16H,1-3,6-10,12H2,(H,21,22). The minimum Gasteiger partial charge on any atom is -0.478 e. The van der Waals surface area contributed by atoms with E-state index in [2.05, 4.69) is 0 Å². The molecule has 0 radical (unpaired) electrons. The second kappa shape index (κ2) is 7.13. The van der Waals surface area contributed by atoms with Crippen LogP contribution in [-0.2, 0) is 22.5 Å². The maximum absolute atomic E-state index is 12.4. The second-order valence-corrected chi connectivity index (χ2v) is 6.38. The first-order valence-corrected chi connectivity index (χ1v) is 8.38. The number of aromatic carboxylic acids is 1. The molecule has 1 aromatic carbocycles. The highest BCUT2D eigenvalue weighted by Gasteiger charge is 2.23. The Kier molecular flexibility index (Phi) is 4.96. The molecule has 1 saturated heterocycles. The van der Waals surface area contributed by atoms with Crippen LogP contribution < -0.4 is 0 Å². The zero-order valence-corrected chi connectivity index (χ0v) is 13.3. The highest BCUT2D eigenvalue weighted by atomic mass is 16.5. The van der Waals surface area contributed by atoms with Crippen molar-refractivity contribution in [2.45, 2.75) is 51.2 Å². The first kappa shape index (κ1) is 16.0. The Morgan fingerprint density at radius 1 is 1.26 bits per heavy atom. The number of rotatable bonds is 4. The van der Waals surface area contributed by atoms with Crippen LogP contribution in [0.15, 0.2) is 18.2 Å². The van der Waals surface area contributed by atoms with Gasteiger partial charge in [0.15, 0.2) is 0 Å². The normalized spacial score (nSPS) is 20.9. The summed E-state index contributed by atoms with van der Waals surface area (Å²) in [6.45, 7) is 2.04. The maximum atomic E-state index is 12.4. The van der Waals surface area contributed by atoms with Crippen LogP contribution >= 0.6 is 0 Å². The molecule has 1 unspecified atom stereocenters. The number of benzene rings is 1. The molecular weight excluding hydrogens is 294 g/mol. The summed E-state index contributed by atoms with van der Waals surface area (Å²) in [5, 5.41) is 9.10. The Bertz CT molecular complexity index is 593. The van der Waals surface area contributed by atoms with Crippen LogP contribution in [0.25, 0.3) is 0 Å². The van der Waals surface area contributed by atoms with Crippen molar-refractivity contribution in [3.63, 3.8) is 0 Å². The van der Waals surface area contributed by atoms with E-state index in [1.54, 1.807) is 12.1 Å². The number of amides is 1. The van der Waals surface area contributed by atoms with Gasteiger partial charge in [-0.05, 0) is 55.4 Å². The average Bonchev–Trinajstić information content (AvgIpc) is 2.59. The zero-order valence-electron chi connectivity index (χ0n) is 13.3. The summed E-state index contributed by atoms with van der Waals surface area (Å²) in [5.41, 5.74) is 2.39. The van der Waals surface area contributed by atoms with Gasteiger partial charge in [0.2, 0.25) is 5.91 Å². The van der Waals surface area contributed by atoms with E-state index in [9.17, 15) is 9.59 Å². The van der Waals surface area contributed by atoms with Crippen LogP contribution in [0.4, 0.5) is 0 Å². The molecule has 0 bridgehead atoms. The Labute approximate surface area is 136 Å². The first-order valence-electron chi connectivity index (χ1n) is 8.38. The third-order valence-electron chi connectivity index (χ3n) is 4.77. The zero-order chi connectivity index (χ0) is 16.2. The third-order valence-corrected chi connectivity index (χ3v) is 4.77. The van der Waals surface area contributed by atoms with Crippen LogP contribution in [-0.4, -0.2) is 41.1 Å². The molecule has 2 aliphatic rings. The van der Waals surface area contributed by atoms with Crippen LogP contribution in [0.2, 0.25) is 0 Å². The fourth-order valence-corrected chi connectivity index (χ4v) is 3.38. The smallest absolute Gasteiger partial charge is 0.335 e. The molecule has 5 heteroatoms. The molecule has 0 saturated carbocycles. The lowest BCUT2D eigenvalue weighted by atomic mass is 9.96. The monoisotopic (exact) mass is 317 g/mol. The van der Waals surface area contributed by atoms with Gasteiger partial charge in [0.1, 0.15) is 0 Å². The fourth-order valence-electron chi connectivity index (χ4n) is 3.38. The molecule has 0 aromatic heterocycles. The van der Waals surface area contributed by atoms with Crippen LogP contribution in [0.5, 0.6) is 0 Å². The number of carbonyl (C=O) groups is 2. The topological polar surface area (TPSA) is 66.8 Å². The summed E-state index contributed by atoms with van der Waals surface area (Å²) >= 11 is 0. The van der Waals surface area contributed by atoms with Gasteiger partial charge < -0.3 is 14.7 Å². The average molecular weight is 317 g/mol. The Morgan fingerprint density at radius 3 is 2.87 bits per heavy atom. The number of carboxylic acids is 1. The van der Waals surface area contributed by atoms with Gasteiger partial charge in [-0.3, -0.25) is 4.79 Å². The molecule has 2 aliphatic heterocycles. The maximum Gasteiger partial charge on any atom is 0.335 e. The Balaban J connectivity index is 1.58. The number of carboxylic acid groups (broad SMARTS) is 1. The summed E-state index contributed by atoms with van der Waals surface area (Å²) < 4.78 is 5.68. The summed E-state index contributed by atoms with van der Waals surface area (Å²) in [4.78, 5) is 25.4. The van der Waals surface area contributed by atoms with Crippen LogP contribution in [0, 0.1) is 0 Å². The van der Waals surface area contributed by atoms with E-state index in [0.29, 0.717) is 19.5 Å². The number of carbonyl (C=O) groups excluding carboxylic acids is 1.